The Balaban J connectivity index is 2.21. The van der Waals surface area contributed by atoms with Gasteiger partial charge in [-0.1, -0.05) is 12.1 Å². The molecule has 1 amide bonds. The molecular formula is C12H17N3O3S. The average molecular weight is 283 g/mol. The van der Waals surface area contributed by atoms with Crippen molar-refractivity contribution in [1.29, 1.82) is 0 Å². The molecule has 104 valence electrons. The smallest absolute Gasteiger partial charge is 0.235 e. The molecule has 0 bridgehead atoms. The first-order valence-electron chi connectivity index (χ1n) is 6.03. The summed E-state index contributed by atoms with van der Waals surface area (Å²) in [5.74, 6) is -0.754. The molecule has 1 unspecified atom stereocenters. The highest BCUT2D eigenvalue weighted by Gasteiger charge is 2.37. The normalized spacial score (nSPS) is 20.5. The highest BCUT2D eigenvalue weighted by Crippen LogP contribution is 2.23. The van der Waals surface area contributed by atoms with E-state index in [1.165, 1.54) is 4.31 Å². The van der Waals surface area contributed by atoms with Crippen LogP contribution < -0.4 is 11.5 Å². The van der Waals surface area contributed by atoms with Gasteiger partial charge < -0.3 is 11.5 Å². The second kappa shape index (κ2) is 5.18. The molecule has 0 aromatic heterocycles. The third-order valence-corrected chi connectivity index (χ3v) is 5.04. The van der Waals surface area contributed by atoms with Crippen LogP contribution in [0.25, 0.3) is 0 Å². The Morgan fingerprint density at radius 3 is 2.79 bits per heavy atom. The van der Waals surface area contributed by atoms with Crippen molar-refractivity contribution in [3.05, 3.63) is 29.8 Å². The first-order chi connectivity index (χ1) is 8.90. The van der Waals surface area contributed by atoms with Gasteiger partial charge in [0, 0.05) is 12.2 Å². The highest BCUT2D eigenvalue weighted by atomic mass is 32.2. The number of carbonyl (C=O) groups is 1. The van der Waals surface area contributed by atoms with Gasteiger partial charge in [-0.3, -0.25) is 4.79 Å². The molecule has 0 radical (unpaired) electrons. The number of sulfonamides is 1. The molecule has 2 rings (SSSR count). The van der Waals surface area contributed by atoms with E-state index in [-0.39, 0.29) is 5.75 Å². The Labute approximate surface area is 112 Å². The number of nitrogens with zero attached hydrogens (tertiary/aromatic N) is 1. The van der Waals surface area contributed by atoms with Gasteiger partial charge >= 0.3 is 0 Å². The summed E-state index contributed by atoms with van der Waals surface area (Å²) < 4.78 is 25.8. The first-order valence-corrected chi connectivity index (χ1v) is 7.64. The van der Waals surface area contributed by atoms with E-state index in [1.807, 2.05) is 0 Å². The minimum atomic E-state index is -3.55. The Hall–Kier alpha value is -1.60. The van der Waals surface area contributed by atoms with Crippen LogP contribution in [0.5, 0.6) is 0 Å². The predicted molar refractivity (Wildman–Crippen MR) is 72.4 cm³/mol. The number of amides is 1. The summed E-state index contributed by atoms with van der Waals surface area (Å²) in [6.07, 6.45) is 1.15. The fourth-order valence-corrected chi connectivity index (χ4v) is 4.10. The lowest BCUT2D eigenvalue weighted by Crippen LogP contribution is -2.44. The molecule has 0 saturated carbocycles. The van der Waals surface area contributed by atoms with Crippen molar-refractivity contribution in [2.75, 3.05) is 12.3 Å². The summed E-state index contributed by atoms with van der Waals surface area (Å²) in [7, 11) is -3.55. The van der Waals surface area contributed by atoms with Crippen LogP contribution in [0.2, 0.25) is 0 Å². The monoisotopic (exact) mass is 283 g/mol. The minimum absolute atomic E-state index is 0.165. The third kappa shape index (κ3) is 3.05. The van der Waals surface area contributed by atoms with Crippen LogP contribution in [0, 0.1) is 0 Å². The van der Waals surface area contributed by atoms with E-state index in [0.29, 0.717) is 30.6 Å². The van der Waals surface area contributed by atoms with Crippen LogP contribution >= 0.6 is 0 Å². The van der Waals surface area contributed by atoms with Crippen molar-refractivity contribution in [1.82, 2.24) is 4.31 Å². The lowest BCUT2D eigenvalue weighted by molar-refractivity contribution is -0.121. The third-order valence-electron chi connectivity index (χ3n) is 3.19. The fourth-order valence-electron chi connectivity index (χ4n) is 2.33. The van der Waals surface area contributed by atoms with Crippen molar-refractivity contribution >= 4 is 21.6 Å². The fraction of sp³-hybridized carbons (Fsp3) is 0.417. The minimum Gasteiger partial charge on any atom is -0.399 e. The molecule has 7 heteroatoms. The van der Waals surface area contributed by atoms with Crippen molar-refractivity contribution in [2.45, 2.75) is 24.6 Å². The summed E-state index contributed by atoms with van der Waals surface area (Å²) in [6.45, 7) is 0.345. The van der Waals surface area contributed by atoms with Gasteiger partial charge in [-0.2, -0.15) is 4.31 Å². The molecule has 1 saturated heterocycles. The Kier molecular flexibility index (Phi) is 3.77. The SMILES string of the molecule is NC(=O)C1CCCN1S(=O)(=O)Cc1cccc(N)c1. The van der Waals surface area contributed by atoms with Crippen molar-refractivity contribution in [3.63, 3.8) is 0 Å². The number of carbonyl (C=O) groups excluding carboxylic acids is 1. The number of anilines is 1. The molecule has 1 aliphatic heterocycles. The second-order valence-electron chi connectivity index (χ2n) is 4.67. The molecule has 1 fully saturated rings. The zero-order chi connectivity index (χ0) is 14.0. The van der Waals surface area contributed by atoms with E-state index in [0.717, 1.165) is 0 Å². The molecular weight excluding hydrogens is 266 g/mol. The molecule has 1 aromatic rings. The molecule has 19 heavy (non-hydrogen) atoms. The van der Waals surface area contributed by atoms with Crippen molar-refractivity contribution in [2.24, 2.45) is 5.73 Å². The van der Waals surface area contributed by atoms with Gasteiger partial charge in [0.1, 0.15) is 6.04 Å². The Morgan fingerprint density at radius 1 is 1.42 bits per heavy atom. The number of hydrogen-bond acceptors (Lipinski definition) is 4. The zero-order valence-electron chi connectivity index (χ0n) is 10.5. The Bertz CT molecular complexity index is 586. The maximum absolute atomic E-state index is 12.3. The summed E-state index contributed by atoms with van der Waals surface area (Å²) >= 11 is 0. The number of nitrogens with two attached hydrogens (primary N) is 2. The zero-order valence-corrected chi connectivity index (χ0v) is 11.3. The number of benzene rings is 1. The van der Waals surface area contributed by atoms with E-state index in [2.05, 4.69) is 0 Å². The quantitative estimate of drug-likeness (QED) is 0.761. The summed E-state index contributed by atoms with van der Waals surface area (Å²) in [5, 5.41) is 0. The average Bonchev–Trinajstić information content (AvgIpc) is 2.77. The van der Waals surface area contributed by atoms with Crippen LogP contribution in [0.3, 0.4) is 0 Å². The molecule has 1 aromatic carbocycles. The van der Waals surface area contributed by atoms with Crippen molar-refractivity contribution in [3.8, 4) is 0 Å². The largest absolute Gasteiger partial charge is 0.399 e. The van der Waals surface area contributed by atoms with E-state index in [9.17, 15) is 13.2 Å². The summed E-state index contributed by atoms with van der Waals surface area (Å²) in [6, 6.07) is 6.00. The van der Waals surface area contributed by atoms with Crippen LogP contribution in [0.15, 0.2) is 24.3 Å². The highest BCUT2D eigenvalue weighted by molar-refractivity contribution is 7.88. The first kappa shape index (κ1) is 13.8. The maximum Gasteiger partial charge on any atom is 0.235 e. The van der Waals surface area contributed by atoms with Gasteiger partial charge in [-0.15, -0.1) is 0 Å². The topological polar surface area (TPSA) is 106 Å². The van der Waals surface area contributed by atoms with E-state index in [4.69, 9.17) is 11.5 Å². The number of hydrogen-bond donors (Lipinski definition) is 2. The van der Waals surface area contributed by atoms with E-state index in [1.54, 1.807) is 24.3 Å². The summed E-state index contributed by atoms with van der Waals surface area (Å²) in [5.41, 5.74) is 12.0. The van der Waals surface area contributed by atoms with E-state index < -0.39 is 22.0 Å². The Morgan fingerprint density at radius 2 is 2.16 bits per heavy atom. The van der Waals surface area contributed by atoms with Gasteiger partial charge in [-0.25, -0.2) is 8.42 Å². The lowest BCUT2D eigenvalue weighted by Gasteiger charge is -2.21. The van der Waals surface area contributed by atoms with Crippen LogP contribution in [-0.2, 0) is 20.6 Å². The van der Waals surface area contributed by atoms with Crippen LogP contribution in [-0.4, -0.2) is 31.2 Å². The molecule has 1 atom stereocenters. The van der Waals surface area contributed by atoms with Gasteiger partial charge in [-0.05, 0) is 30.5 Å². The van der Waals surface area contributed by atoms with Gasteiger partial charge in [0.05, 0.1) is 5.75 Å². The van der Waals surface area contributed by atoms with Gasteiger partial charge in [0.2, 0.25) is 15.9 Å². The van der Waals surface area contributed by atoms with Gasteiger partial charge in [0.15, 0.2) is 0 Å². The maximum atomic E-state index is 12.3. The summed E-state index contributed by atoms with van der Waals surface area (Å²) in [4.78, 5) is 11.3. The van der Waals surface area contributed by atoms with Gasteiger partial charge in [0.25, 0.3) is 0 Å². The van der Waals surface area contributed by atoms with Crippen molar-refractivity contribution < 1.29 is 13.2 Å². The molecule has 0 aliphatic carbocycles. The number of rotatable bonds is 4. The van der Waals surface area contributed by atoms with E-state index >= 15 is 0 Å². The number of primary amides is 1. The second-order valence-corrected chi connectivity index (χ2v) is 6.59. The van der Waals surface area contributed by atoms with Crippen LogP contribution in [0.1, 0.15) is 18.4 Å². The predicted octanol–water partition coefficient (Wildman–Crippen LogP) is 0.0483. The molecule has 6 nitrogen and oxygen atoms in total. The molecule has 0 spiro atoms. The lowest BCUT2D eigenvalue weighted by atomic mass is 10.2. The molecule has 1 heterocycles. The molecule has 4 N–H and O–H groups in total. The molecule has 1 aliphatic rings. The van der Waals surface area contributed by atoms with Crippen LogP contribution in [0.4, 0.5) is 5.69 Å². The number of nitrogen functional groups attached to an aromatic ring is 1. The standard InChI is InChI=1S/C12H17N3O3S/c13-10-4-1-3-9(7-10)8-19(17,18)15-6-2-5-11(15)12(14)16/h1,3-4,7,11H,2,5-6,8,13H2,(H2,14,16).